The van der Waals surface area contributed by atoms with Gasteiger partial charge in [0.05, 0.1) is 18.3 Å². The summed E-state index contributed by atoms with van der Waals surface area (Å²) >= 11 is 0. The average molecular weight is 334 g/mol. The number of carbonyl (C=O) groups excluding carboxylic acids is 2. The fourth-order valence-corrected chi connectivity index (χ4v) is 3.14. The normalized spacial score (nSPS) is 20.0. The Kier molecular flexibility index (Phi) is 5.96. The molecule has 0 radical (unpaired) electrons. The Bertz CT molecular complexity index is 600. The van der Waals surface area contributed by atoms with E-state index in [-0.39, 0.29) is 12.0 Å². The molecule has 1 heterocycles. The first-order valence-corrected chi connectivity index (χ1v) is 8.14. The highest BCUT2D eigenvalue weighted by atomic mass is 16.5. The lowest BCUT2D eigenvalue weighted by molar-refractivity contribution is -0.168. The lowest BCUT2D eigenvalue weighted by Gasteiger charge is -2.42. The van der Waals surface area contributed by atoms with Crippen LogP contribution in [0, 0.1) is 0 Å². The highest BCUT2D eigenvalue weighted by Gasteiger charge is 2.35. The summed E-state index contributed by atoms with van der Waals surface area (Å²) in [7, 11) is 1.62. The van der Waals surface area contributed by atoms with Crippen molar-refractivity contribution in [3.63, 3.8) is 0 Å². The molecule has 1 saturated heterocycles. The van der Waals surface area contributed by atoms with Crippen molar-refractivity contribution >= 4 is 11.8 Å². The number of hydrogen-bond acceptors (Lipinski definition) is 4. The van der Waals surface area contributed by atoms with Gasteiger partial charge in [-0.1, -0.05) is 18.2 Å². The van der Waals surface area contributed by atoms with Crippen LogP contribution in [0.5, 0.6) is 0 Å². The zero-order valence-corrected chi connectivity index (χ0v) is 14.6. The van der Waals surface area contributed by atoms with E-state index in [4.69, 9.17) is 15.2 Å². The number of rotatable bonds is 6. The Balaban J connectivity index is 2.00. The molecule has 1 aliphatic rings. The number of amides is 2. The van der Waals surface area contributed by atoms with Crippen LogP contribution in [0.1, 0.15) is 36.2 Å². The Morgan fingerprint density at radius 3 is 2.75 bits per heavy atom. The molecule has 2 N–H and O–H groups in total. The minimum absolute atomic E-state index is 0.0479. The fraction of sp³-hybridized carbons (Fsp3) is 0.556. The van der Waals surface area contributed by atoms with Crippen LogP contribution in [-0.4, -0.2) is 55.2 Å². The van der Waals surface area contributed by atoms with Crippen LogP contribution in [0.3, 0.4) is 0 Å². The number of hydrogen-bond donors (Lipinski definition) is 1. The predicted octanol–water partition coefficient (Wildman–Crippen LogP) is 1.37. The first kappa shape index (κ1) is 18.4. The van der Waals surface area contributed by atoms with E-state index in [2.05, 4.69) is 0 Å². The van der Waals surface area contributed by atoms with Gasteiger partial charge in [-0.05, 0) is 31.9 Å². The third kappa shape index (κ3) is 4.79. The molecular formula is C18H26N2O4. The molecule has 1 aliphatic heterocycles. The molecule has 0 unspecified atom stereocenters. The first-order chi connectivity index (χ1) is 11.3. The van der Waals surface area contributed by atoms with Gasteiger partial charge in [0.25, 0.3) is 0 Å². The van der Waals surface area contributed by atoms with Crippen LogP contribution < -0.4 is 5.73 Å². The van der Waals surface area contributed by atoms with Crippen LogP contribution in [0.25, 0.3) is 0 Å². The molecule has 2 rings (SSSR count). The maximum absolute atomic E-state index is 12.6. The average Bonchev–Trinajstić information content (AvgIpc) is 2.51. The highest BCUT2D eigenvalue weighted by molar-refractivity contribution is 5.94. The summed E-state index contributed by atoms with van der Waals surface area (Å²) in [5.74, 6) is -0.419. The van der Waals surface area contributed by atoms with E-state index >= 15 is 0 Å². The van der Waals surface area contributed by atoms with Crippen LogP contribution in [0.15, 0.2) is 24.3 Å². The summed E-state index contributed by atoms with van der Waals surface area (Å²) in [4.78, 5) is 25.9. The van der Waals surface area contributed by atoms with Crippen molar-refractivity contribution in [3.05, 3.63) is 35.4 Å². The Labute approximate surface area is 142 Å². The summed E-state index contributed by atoms with van der Waals surface area (Å²) in [5, 5.41) is 0. The topological polar surface area (TPSA) is 81.9 Å². The minimum Gasteiger partial charge on any atom is -0.382 e. The van der Waals surface area contributed by atoms with Crippen molar-refractivity contribution in [3.8, 4) is 0 Å². The molecule has 0 aliphatic carbocycles. The van der Waals surface area contributed by atoms with Gasteiger partial charge in [0.2, 0.25) is 11.8 Å². The molecule has 0 saturated carbocycles. The van der Waals surface area contributed by atoms with E-state index in [9.17, 15) is 9.59 Å². The first-order valence-electron chi connectivity index (χ1n) is 8.14. The molecule has 6 nitrogen and oxygen atoms in total. The number of carbonyl (C=O) groups is 2. The van der Waals surface area contributed by atoms with Gasteiger partial charge in [-0.15, -0.1) is 0 Å². The SMILES string of the molecule is COC[C@@H]1CN(C(=O)CCc2ccccc2C(N)=O)CC(C)(C)O1. The second-order valence-electron chi connectivity index (χ2n) is 6.75. The maximum atomic E-state index is 12.6. The number of nitrogens with zero attached hydrogens (tertiary/aromatic N) is 1. The summed E-state index contributed by atoms with van der Waals surface area (Å²) in [6.07, 6.45) is 0.700. The van der Waals surface area contributed by atoms with E-state index in [1.54, 1.807) is 19.2 Å². The fourth-order valence-electron chi connectivity index (χ4n) is 3.14. The van der Waals surface area contributed by atoms with Gasteiger partial charge in [-0.25, -0.2) is 0 Å². The van der Waals surface area contributed by atoms with Crippen LogP contribution in [-0.2, 0) is 20.7 Å². The number of methoxy groups -OCH3 is 1. The van der Waals surface area contributed by atoms with Crippen LogP contribution >= 0.6 is 0 Å². The molecule has 1 aromatic carbocycles. The number of primary amides is 1. The van der Waals surface area contributed by atoms with Crippen molar-refractivity contribution in [2.24, 2.45) is 5.73 Å². The quantitative estimate of drug-likeness (QED) is 0.852. The van der Waals surface area contributed by atoms with E-state index in [1.807, 2.05) is 30.9 Å². The largest absolute Gasteiger partial charge is 0.382 e. The standard InChI is InChI=1S/C18H26N2O4/c1-18(2)12-20(10-14(24-18)11-23-3)16(21)9-8-13-6-4-5-7-15(13)17(19)22/h4-7,14H,8-12H2,1-3H3,(H2,19,22)/t14-/m0/s1. The summed E-state index contributed by atoms with van der Waals surface area (Å²) < 4.78 is 11.1. The van der Waals surface area contributed by atoms with Gasteiger partial charge in [-0.3, -0.25) is 9.59 Å². The molecule has 132 valence electrons. The van der Waals surface area contributed by atoms with Crippen LogP contribution in [0.4, 0.5) is 0 Å². The van der Waals surface area contributed by atoms with E-state index in [0.29, 0.717) is 38.1 Å². The van der Waals surface area contributed by atoms with Gasteiger partial charge in [0.15, 0.2) is 0 Å². The number of morpholine rings is 1. The van der Waals surface area contributed by atoms with Gasteiger partial charge in [0, 0.05) is 32.2 Å². The smallest absolute Gasteiger partial charge is 0.248 e. The molecule has 1 atom stereocenters. The van der Waals surface area contributed by atoms with E-state index in [1.165, 1.54) is 0 Å². The predicted molar refractivity (Wildman–Crippen MR) is 90.7 cm³/mol. The van der Waals surface area contributed by atoms with Crippen molar-refractivity contribution in [2.45, 2.75) is 38.4 Å². The summed E-state index contributed by atoms with van der Waals surface area (Å²) in [5.41, 5.74) is 6.27. The Morgan fingerprint density at radius 1 is 1.38 bits per heavy atom. The molecule has 1 aromatic rings. The van der Waals surface area contributed by atoms with Gasteiger partial charge in [-0.2, -0.15) is 0 Å². The molecular weight excluding hydrogens is 308 g/mol. The van der Waals surface area contributed by atoms with Crippen molar-refractivity contribution < 1.29 is 19.1 Å². The highest BCUT2D eigenvalue weighted by Crippen LogP contribution is 2.22. The lowest BCUT2D eigenvalue weighted by Crippen LogP contribution is -2.55. The third-order valence-electron chi connectivity index (χ3n) is 4.08. The summed E-state index contributed by atoms with van der Waals surface area (Å²) in [6.45, 7) is 5.46. The van der Waals surface area contributed by atoms with E-state index < -0.39 is 11.5 Å². The molecule has 24 heavy (non-hydrogen) atoms. The lowest BCUT2D eigenvalue weighted by atomic mass is 10.0. The molecule has 1 fully saturated rings. The molecule has 0 spiro atoms. The van der Waals surface area contributed by atoms with E-state index in [0.717, 1.165) is 5.56 Å². The maximum Gasteiger partial charge on any atom is 0.248 e. The van der Waals surface area contributed by atoms with Crippen LogP contribution in [0.2, 0.25) is 0 Å². The number of benzene rings is 1. The number of aryl methyl sites for hydroxylation is 1. The van der Waals surface area contributed by atoms with Crippen molar-refractivity contribution in [2.75, 3.05) is 26.8 Å². The minimum atomic E-state index is -0.467. The van der Waals surface area contributed by atoms with Crippen molar-refractivity contribution in [1.29, 1.82) is 0 Å². The molecule has 0 bridgehead atoms. The zero-order chi connectivity index (χ0) is 17.7. The second-order valence-corrected chi connectivity index (χ2v) is 6.75. The van der Waals surface area contributed by atoms with Gasteiger partial charge >= 0.3 is 0 Å². The molecule has 2 amide bonds. The molecule has 0 aromatic heterocycles. The number of ether oxygens (including phenoxy) is 2. The second kappa shape index (κ2) is 7.77. The van der Waals surface area contributed by atoms with Crippen molar-refractivity contribution in [1.82, 2.24) is 4.90 Å². The Morgan fingerprint density at radius 2 is 2.08 bits per heavy atom. The monoisotopic (exact) mass is 334 g/mol. The van der Waals surface area contributed by atoms with Gasteiger partial charge < -0.3 is 20.1 Å². The summed E-state index contributed by atoms with van der Waals surface area (Å²) in [6, 6.07) is 7.14. The number of nitrogens with two attached hydrogens (primary N) is 1. The Hall–Kier alpha value is -1.92. The van der Waals surface area contributed by atoms with Gasteiger partial charge in [0.1, 0.15) is 0 Å². The molecule has 6 heteroatoms. The zero-order valence-electron chi connectivity index (χ0n) is 14.6. The third-order valence-corrected chi connectivity index (χ3v) is 4.08.